The van der Waals surface area contributed by atoms with Crippen LogP contribution in [0.1, 0.15) is 102 Å². The van der Waals surface area contributed by atoms with E-state index in [9.17, 15) is 0 Å². The van der Waals surface area contributed by atoms with Crippen LogP contribution < -0.4 is 0 Å². The van der Waals surface area contributed by atoms with Crippen LogP contribution in [0.5, 0.6) is 0 Å². The Kier molecular flexibility index (Phi) is 8.89. The van der Waals surface area contributed by atoms with Crippen molar-refractivity contribution >= 4 is 10.8 Å². The minimum atomic E-state index is 0.965. The second-order valence-corrected chi connectivity index (χ2v) is 11.0. The lowest BCUT2D eigenvalue weighted by Crippen LogP contribution is -2.26. The summed E-state index contributed by atoms with van der Waals surface area (Å²) >= 11 is 0. The van der Waals surface area contributed by atoms with Gasteiger partial charge in [-0.05, 0) is 104 Å². The largest absolute Gasteiger partial charge is 0.0917 e. The predicted molar refractivity (Wildman–Crippen MR) is 141 cm³/mol. The lowest BCUT2D eigenvalue weighted by molar-refractivity contribution is 0.141. The summed E-state index contributed by atoms with van der Waals surface area (Å²) in [6, 6.07) is 14.2. The average Bonchev–Trinajstić information content (AvgIpc) is 2.84. The third kappa shape index (κ3) is 6.49. The molecule has 0 bridgehead atoms. The molecular formula is C32H46. The van der Waals surface area contributed by atoms with Crippen molar-refractivity contribution in [1.29, 1.82) is 0 Å². The fraction of sp³-hybridized carbons (Fsp3) is 0.625. The van der Waals surface area contributed by atoms with Crippen LogP contribution in [0.15, 0.2) is 48.6 Å². The lowest BCUT2D eigenvalue weighted by atomic mass is 9.68. The van der Waals surface area contributed by atoms with Crippen molar-refractivity contribution in [3.63, 3.8) is 0 Å². The molecule has 32 heavy (non-hydrogen) atoms. The number of aryl methyl sites for hydroxylation is 2. The maximum Gasteiger partial charge on any atom is -0.0181 e. The van der Waals surface area contributed by atoms with Crippen molar-refractivity contribution in [2.45, 2.75) is 104 Å². The molecule has 0 heterocycles. The van der Waals surface area contributed by atoms with E-state index in [1.54, 1.807) is 0 Å². The van der Waals surface area contributed by atoms with Crippen molar-refractivity contribution in [3.05, 3.63) is 59.7 Å². The number of benzene rings is 2. The van der Waals surface area contributed by atoms with Crippen LogP contribution in [0.4, 0.5) is 0 Å². The van der Waals surface area contributed by atoms with E-state index in [1.807, 2.05) is 0 Å². The fourth-order valence-corrected chi connectivity index (χ4v) is 6.75. The summed E-state index contributed by atoms with van der Waals surface area (Å²) in [4.78, 5) is 0. The summed E-state index contributed by atoms with van der Waals surface area (Å²) in [6.07, 6.45) is 24.3. The lowest BCUT2D eigenvalue weighted by Gasteiger charge is -2.38. The molecule has 2 aromatic rings. The van der Waals surface area contributed by atoms with E-state index in [2.05, 4.69) is 62.4 Å². The third-order valence-electron chi connectivity index (χ3n) is 8.79. The molecule has 0 spiro atoms. The van der Waals surface area contributed by atoms with E-state index in [1.165, 1.54) is 98.9 Å². The molecular weight excluding hydrogens is 384 g/mol. The highest BCUT2D eigenvalue weighted by molar-refractivity contribution is 5.83. The number of rotatable bonds is 9. The summed E-state index contributed by atoms with van der Waals surface area (Å²) < 4.78 is 0. The number of fused-ring (bicyclic) bond motifs is 1. The molecule has 0 radical (unpaired) electrons. The Morgan fingerprint density at radius 3 is 1.75 bits per heavy atom. The summed E-state index contributed by atoms with van der Waals surface area (Å²) in [6.45, 7) is 4.46. The molecule has 0 saturated heterocycles. The van der Waals surface area contributed by atoms with Gasteiger partial charge in [0.2, 0.25) is 0 Å². The molecule has 174 valence electrons. The Morgan fingerprint density at radius 1 is 0.688 bits per heavy atom. The zero-order valence-corrected chi connectivity index (χ0v) is 20.8. The molecule has 2 aromatic carbocycles. The monoisotopic (exact) mass is 430 g/mol. The molecule has 0 atom stereocenters. The van der Waals surface area contributed by atoms with Crippen LogP contribution >= 0.6 is 0 Å². The van der Waals surface area contributed by atoms with Gasteiger partial charge in [0.05, 0.1) is 0 Å². The molecule has 0 aromatic heterocycles. The minimum Gasteiger partial charge on any atom is -0.0917 e. The number of hydrogen-bond acceptors (Lipinski definition) is 0. The zero-order valence-electron chi connectivity index (χ0n) is 20.8. The molecule has 0 heteroatoms. The first kappa shape index (κ1) is 23.6. The molecule has 0 aliphatic heterocycles. The summed E-state index contributed by atoms with van der Waals surface area (Å²) in [5.41, 5.74) is 2.99. The quantitative estimate of drug-likeness (QED) is 0.347. The van der Waals surface area contributed by atoms with Crippen LogP contribution in [0.25, 0.3) is 10.8 Å². The molecule has 0 amide bonds. The highest BCUT2D eigenvalue weighted by atomic mass is 14.4. The Balaban J connectivity index is 1.22. The van der Waals surface area contributed by atoms with Gasteiger partial charge in [0.15, 0.2) is 0 Å². The first-order valence-electron chi connectivity index (χ1n) is 13.9. The van der Waals surface area contributed by atoms with Crippen molar-refractivity contribution in [2.24, 2.45) is 23.7 Å². The summed E-state index contributed by atoms with van der Waals surface area (Å²) in [5.74, 6) is 4.13. The first-order chi connectivity index (χ1) is 15.7. The highest BCUT2D eigenvalue weighted by Gasteiger charge is 2.30. The van der Waals surface area contributed by atoms with Crippen LogP contribution in [-0.4, -0.2) is 0 Å². The SMILES string of the molecule is C/C=C/CCc1ccc2cc(CCC3CCC(C4CCC(CCC)CC4)CC3)ccc2c1. The maximum absolute atomic E-state index is 2.45. The second-order valence-electron chi connectivity index (χ2n) is 11.0. The van der Waals surface area contributed by atoms with E-state index < -0.39 is 0 Å². The van der Waals surface area contributed by atoms with Gasteiger partial charge in [-0.15, -0.1) is 0 Å². The van der Waals surface area contributed by atoms with Gasteiger partial charge < -0.3 is 0 Å². The van der Waals surface area contributed by atoms with Crippen molar-refractivity contribution in [1.82, 2.24) is 0 Å². The van der Waals surface area contributed by atoms with Crippen LogP contribution in [0.2, 0.25) is 0 Å². The van der Waals surface area contributed by atoms with Crippen LogP contribution in [0.3, 0.4) is 0 Å². The number of hydrogen-bond donors (Lipinski definition) is 0. The molecule has 2 fully saturated rings. The fourth-order valence-electron chi connectivity index (χ4n) is 6.75. The first-order valence-corrected chi connectivity index (χ1v) is 13.9. The molecule has 0 unspecified atom stereocenters. The third-order valence-corrected chi connectivity index (χ3v) is 8.79. The topological polar surface area (TPSA) is 0 Å². The van der Waals surface area contributed by atoms with Crippen LogP contribution in [0, 0.1) is 23.7 Å². The Morgan fingerprint density at radius 2 is 1.22 bits per heavy atom. The standard InChI is InChI=1S/C32H46/c1-3-5-6-8-27-15-21-32-24-28(16-22-31(32)23-27)10-9-26-13-19-30(20-14-26)29-17-11-25(7-4-2)12-18-29/h3,5,15-16,21-26,29-30H,4,6-14,17-20H2,1-2H3/b5-3+. The van der Waals surface area contributed by atoms with Crippen molar-refractivity contribution < 1.29 is 0 Å². The molecule has 2 aliphatic rings. The average molecular weight is 431 g/mol. The number of allylic oxidation sites excluding steroid dienone is 2. The summed E-state index contributed by atoms with van der Waals surface area (Å²) in [7, 11) is 0. The van der Waals surface area contributed by atoms with Gasteiger partial charge in [0, 0.05) is 0 Å². The van der Waals surface area contributed by atoms with E-state index in [0.29, 0.717) is 0 Å². The normalized spacial score (nSPS) is 26.7. The van der Waals surface area contributed by atoms with E-state index in [-0.39, 0.29) is 0 Å². The van der Waals surface area contributed by atoms with E-state index >= 15 is 0 Å². The molecule has 0 nitrogen and oxygen atoms in total. The smallest absolute Gasteiger partial charge is 0.0181 e. The Hall–Kier alpha value is -1.56. The Bertz CT molecular complexity index is 843. The van der Waals surface area contributed by atoms with Gasteiger partial charge in [0.25, 0.3) is 0 Å². The van der Waals surface area contributed by atoms with Gasteiger partial charge in [-0.1, -0.05) is 94.0 Å². The van der Waals surface area contributed by atoms with Gasteiger partial charge >= 0.3 is 0 Å². The van der Waals surface area contributed by atoms with E-state index in [4.69, 9.17) is 0 Å². The zero-order chi connectivity index (χ0) is 22.2. The van der Waals surface area contributed by atoms with Gasteiger partial charge in [-0.25, -0.2) is 0 Å². The van der Waals surface area contributed by atoms with Crippen LogP contribution in [-0.2, 0) is 12.8 Å². The molecule has 4 rings (SSSR count). The maximum atomic E-state index is 2.45. The molecule has 0 N–H and O–H groups in total. The van der Waals surface area contributed by atoms with Gasteiger partial charge in [-0.3, -0.25) is 0 Å². The van der Waals surface area contributed by atoms with Crippen molar-refractivity contribution in [2.75, 3.05) is 0 Å². The minimum absolute atomic E-state index is 0.965. The van der Waals surface area contributed by atoms with Crippen molar-refractivity contribution in [3.8, 4) is 0 Å². The summed E-state index contributed by atoms with van der Waals surface area (Å²) in [5, 5.41) is 2.82. The van der Waals surface area contributed by atoms with Gasteiger partial charge in [0.1, 0.15) is 0 Å². The van der Waals surface area contributed by atoms with E-state index in [0.717, 1.165) is 36.5 Å². The molecule has 2 aliphatic carbocycles. The molecule has 2 saturated carbocycles. The second kappa shape index (κ2) is 12.1. The Labute approximate surface area is 197 Å². The highest BCUT2D eigenvalue weighted by Crippen LogP contribution is 2.43. The van der Waals surface area contributed by atoms with Gasteiger partial charge in [-0.2, -0.15) is 0 Å². The predicted octanol–water partition coefficient (Wildman–Crippen LogP) is 9.69.